The van der Waals surface area contributed by atoms with Crippen molar-refractivity contribution in [3.63, 3.8) is 0 Å². The Morgan fingerprint density at radius 1 is 1.44 bits per heavy atom. The number of hydrogen-bond acceptors (Lipinski definition) is 5. The van der Waals surface area contributed by atoms with Gasteiger partial charge in [0.2, 0.25) is 11.7 Å². The Morgan fingerprint density at radius 3 is 2.75 bits per heavy atom. The van der Waals surface area contributed by atoms with E-state index in [9.17, 15) is 0 Å². The van der Waals surface area contributed by atoms with Crippen LogP contribution >= 0.6 is 12.4 Å². The summed E-state index contributed by atoms with van der Waals surface area (Å²) in [5, 5.41) is 3.94. The van der Waals surface area contributed by atoms with Crippen LogP contribution < -0.4 is 5.73 Å². The van der Waals surface area contributed by atoms with E-state index in [1.807, 2.05) is 13.8 Å². The Balaban J connectivity index is 0.00000128. The first kappa shape index (κ1) is 13.4. The minimum atomic E-state index is 0. The van der Waals surface area contributed by atoms with Gasteiger partial charge in [0.25, 0.3) is 0 Å². The standard InChI is InChI=1S/C10H17N3O2.ClH/c1-6(7(2)11)10-12-9(13-15-10)8-4-3-5-14-8;/h6-8H,3-5,11H2,1-2H3;1H. The lowest BCUT2D eigenvalue weighted by atomic mass is 10.1. The summed E-state index contributed by atoms with van der Waals surface area (Å²) in [5.74, 6) is 1.36. The largest absolute Gasteiger partial charge is 0.370 e. The molecule has 0 aromatic carbocycles. The molecule has 16 heavy (non-hydrogen) atoms. The predicted octanol–water partition coefficient (Wildman–Crippen LogP) is 1.79. The lowest BCUT2D eigenvalue weighted by Gasteiger charge is -2.09. The van der Waals surface area contributed by atoms with Gasteiger partial charge in [-0.2, -0.15) is 4.98 Å². The molecule has 6 heteroatoms. The van der Waals surface area contributed by atoms with Crippen molar-refractivity contribution in [3.05, 3.63) is 11.7 Å². The summed E-state index contributed by atoms with van der Waals surface area (Å²) in [6, 6.07) is 0.0165. The fourth-order valence-corrected chi connectivity index (χ4v) is 1.57. The zero-order chi connectivity index (χ0) is 10.8. The molecule has 0 spiro atoms. The van der Waals surface area contributed by atoms with Gasteiger partial charge < -0.3 is 15.0 Å². The highest BCUT2D eigenvalue weighted by molar-refractivity contribution is 5.85. The maximum Gasteiger partial charge on any atom is 0.231 e. The van der Waals surface area contributed by atoms with Crippen LogP contribution in [0.2, 0.25) is 0 Å². The zero-order valence-electron chi connectivity index (χ0n) is 9.55. The molecule has 1 saturated heterocycles. The first-order chi connectivity index (χ1) is 7.18. The molecule has 0 radical (unpaired) electrons. The molecular weight excluding hydrogens is 230 g/mol. The van der Waals surface area contributed by atoms with E-state index >= 15 is 0 Å². The van der Waals surface area contributed by atoms with Crippen molar-refractivity contribution >= 4 is 12.4 Å². The van der Waals surface area contributed by atoms with Crippen LogP contribution in [0.4, 0.5) is 0 Å². The topological polar surface area (TPSA) is 74.2 Å². The average Bonchev–Trinajstić information content (AvgIpc) is 2.86. The minimum Gasteiger partial charge on any atom is -0.370 e. The normalized spacial score (nSPS) is 23.8. The Labute approximate surface area is 101 Å². The molecule has 92 valence electrons. The van der Waals surface area contributed by atoms with Crippen LogP contribution in [0, 0.1) is 0 Å². The van der Waals surface area contributed by atoms with Crippen LogP contribution in [0.1, 0.15) is 50.4 Å². The number of hydrogen-bond donors (Lipinski definition) is 1. The van der Waals surface area contributed by atoms with Crippen LogP contribution in [0.15, 0.2) is 4.52 Å². The van der Waals surface area contributed by atoms with Gasteiger partial charge in [-0.1, -0.05) is 12.1 Å². The molecule has 5 nitrogen and oxygen atoms in total. The highest BCUT2D eigenvalue weighted by Crippen LogP contribution is 2.27. The van der Waals surface area contributed by atoms with E-state index in [1.165, 1.54) is 0 Å². The quantitative estimate of drug-likeness (QED) is 0.882. The summed E-state index contributed by atoms with van der Waals surface area (Å²) >= 11 is 0. The van der Waals surface area contributed by atoms with E-state index in [4.69, 9.17) is 15.0 Å². The highest BCUT2D eigenvalue weighted by Gasteiger charge is 2.25. The first-order valence-corrected chi connectivity index (χ1v) is 5.39. The highest BCUT2D eigenvalue weighted by atomic mass is 35.5. The van der Waals surface area contributed by atoms with Gasteiger partial charge in [0.15, 0.2) is 0 Å². The molecule has 0 aliphatic carbocycles. The molecule has 0 saturated carbocycles. The van der Waals surface area contributed by atoms with Crippen molar-refractivity contribution in [3.8, 4) is 0 Å². The number of rotatable bonds is 3. The Bertz CT molecular complexity index is 307. The molecule has 2 N–H and O–H groups in total. The molecule has 2 rings (SSSR count). The number of nitrogens with two attached hydrogens (primary N) is 1. The monoisotopic (exact) mass is 247 g/mol. The molecule has 2 heterocycles. The smallest absolute Gasteiger partial charge is 0.231 e. The summed E-state index contributed by atoms with van der Waals surface area (Å²) in [6.07, 6.45) is 2.06. The van der Waals surface area contributed by atoms with Gasteiger partial charge in [0.1, 0.15) is 6.10 Å². The SMILES string of the molecule is CC(N)C(C)c1nc(C2CCCO2)no1.Cl. The third kappa shape index (κ3) is 2.72. The van der Waals surface area contributed by atoms with E-state index in [0.29, 0.717) is 11.7 Å². The molecule has 1 aromatic heterocycles. The lowest BCUT2D eigenvalue weighted by molar-refractivity contribution is 0.103. The lowest BCUT2D eigenvalue weighted by Crippen LogP contribution is -2.22. The van der Waals surface area contributed by atoms with Crippen molar-refractivity contribution in [2.75, 3.05) is 6.61 Å². The molecule has 3 unspecified atom stereocenters. The molecule has 1 aromatic rings. The van der Waals surface area contributed by atoms with Crippen molar-refractivity contribution in [1.29, 1.82) is 0 Å². The fraction of sp³-hybridized carbons (Fsp3) is 0.800. The Hall–Kier alpha value is -0.650. The van der Waals surface area contributed by atoms with Crippen molar-refractivity contribution < 1.29 is 9.26 Å². The minimum absolute atomic E-state index is 0. The predicted molar refractivity (Wildman–Crippen MR) is 61.5 cm³/mol. The van der Waals surface area contributed by atoms with E-state index in [2.05, 4.69) is 10.1 Å². The van der Waals surface area contributed by atoms with E-state index < -0.39 is 0 Å². The summed E-state index contributed by atoms with van der Waals surface area (Å²) in [4.78, 5) is 4.33. The van der Waals surface area contributed by atoms with Gasteiger partial charge in [-0.15, -0.1) is 12.4 Å². The van der Waals surface area contributed by atoms with Gasteiger partial charge in [0.05, 0.1) is 5.92 Å². The molecular formula is C10H18ClN3O2. The third-order valence-electron chi connectivity index (χ3n) is 2.85. The van der Waals surface area contributed by atoms with Crippen molar-refractivity contribution in [1.82, 2.24) is 10.1 Å². The fourth-order valence-electron chi connectivity index (χ4n) is 1.57. The number of ether oxygens (including phenoxy) is 1. The summed E-state index contributed by atoms with van der Waals surface area (Å²) in [7, 11) is 0. The first-order valence-electron chi connectivity index (χ1n) is 5.39. The van der Waals surface area contributed by atoms with Gasteiger partial charge in [-0.25, -0.2) is 0 Å². The van der Waals surface area contributed by atoms with Gasteiger partial charge in [0, 0.05) is 12.6 Å². The second kappa shape index (κ2) is 5.61. The van der Waals surface area contributed by atoms with Crippen LogP contribution in [0.3, 0.4) is 0 Å². The van der Waals surface area contributed by atoms with Crippen molar-refractivity contribution in [2.24, 2.45) is 5.73 Å². The molecule has 3 atom stereocenters. The second-order valence-corrected chi connectivity index (χ2v) is 4.14. The van der Waals surface area contributed by atoms with Gasteiger partial charge in [-0.05, 0) is 19.8 Å². The number of aromatic nitrogens is 2. The van der Waals surface area contributed by atoms with E-state index in [0.717, 1.165) is 19.4 Å². The third-order valence-corrected chi connectivity index (χ3v) is 2.85. The molecule has 1 fully saturated rings. The maximum absolute atomic E-state index is 5.77. The molecule has 0 amide bonds. The maximum atomic E-state index is 5.77. The summed E-state index contributed by atoms with van der Waals surface area (Å²) in [5.41, 5.74) is 5.77. The molecule has 1 aliphatic heterocycles. The average molecular weight is 248 g/mol. The van der Waals surface area contributed by atoms with Gasteiger partial charge >= 0.3 is 0 Å². The zero-order valence-corrected chi connectivity index (χ0v) is 10.4. The molecule has 0 bridgehead atoms. The van der Waals surface area contributed by atoms with Crippen LogP contribution in [-0.4, -0.2) is 22.8 Å². The Kier molecular flexibility index (Phi) is 4.70. The van der Waals surface area contributed by atoms with Crippen molar-refractivity contribution in [2.45, 2.75) is 44.8 Å². The van der Waals surface area contributed by atoms with Crippen LogP contribution in [0.25, 0.3) is 0 Å². The summed E-state index contributed by atoms with van der Waals surface area (Å²) < 4.78 is 10.7. The van der Waals surface area contributed by atoms with Gasteiger partial charge in [-0.3, -0.25) is 0 Å². The van der Waals surface area contributed by atoms with Crippen LogP contribution in [0.5, 0.6) is 0 Å². The van der Waals surface area contributed by atoms with Crippen LogP contribution in [-0.2, 0) is 4.74 Å². The number of halogens is 1. The number of nitrogens with zero attached hydrogens (tertiary/aromatic N) is 2. The Morgan fingerprint density at radius 2 is 2.19 bits per heavy atom. The van der Waals surface area contributed by atoms with E-state index in [-0.39, 0.29) is 30.5 Å². The van der Waals surface area contributed by atoms with E-state index in [1.54, 1.807) is 0 Å². The summed E-state index contributed by atoms with van der Waals surface area (Å²) in [6.45, 7) is 4.70. The molecule has 1 aliphatic rings. The second-order valence-electron chi connectivity index (χ2n) is 4.14.